The van der Waals surface area contributed by atoms with Crippen LogP contribution in [0.1, 0.15) is 51.8 Å². The molecule has 0 radical (unpaired) electrons. The Labute approximate surface area is 109 Å². The van der Waals surface area contributed by atoms with Crippen molar-refractivity contribution in [3.8, 4) is 6.07 Å². The van der Waals surface area contributed by atoms with Gasteiger partial charge >= 0.3 is 0 Å². The molecular formula is C13H23N5. The number of nitrogens with zero attached hydrogens (tertiary/aromatic N) is 4. The van der Waals surface area contributed by atoms with Gasteiger partial charge in [0.1, 0.15) is 17.2 Å². The number of aromatic nitrogens is 3. The van der Waals surface area contributed by atoms with E-state index in [0.717, 1.165) is 11.6 Å². The van der Waals surface area contributed by atoms with E-state index in [2.05, 4.69) is 28.4 Å². The lowest BCUT2D eigenvalue weighted by Crippen LogP contribution is -2.46. The second-order valence-corrected chi connectivity index (χ2v) is 5.45. The van der Waals surface area contributed by atoms with Gasteiger partial charge in [0.05, 0.1) is 12.1 Å². The van der Waals surface area contributed by atoms with Crippen LogP contribution in [-0.4, -0.2) is 26.3 Å². The van der Waals surface area contributed by atoms with E-state index in [-0.39, 0.29) is 12.1 Å². The molecule has 18 heavy (non-hydrogen) atoms. The predicted octanol–water partition coefficient (Wildman–Crippen LogP) is 2.13. The molecule has 0 spiro atoms. The molecule has 1 N–H and O–H groups in total. The zero-order chi connectivity index (χ0) is 13.9. The Hall–Kier alpha value is -1.41. The van der Waals surface area contributed by atoms with Crippen molar-refractivity contribution in [2.24, 2.45) is 0 Å². The van der Waals surface area contributed by atoms with E-state index in [1.165, 1.54) is 0 Å². The second kappa shape index (κ2) is 5.49. The number of nitrogens with one attached hydrogen (secondary N) is 1. The monoisotopic (exact) mass is 249 g/mol. The molecule has 5 nitrogen and oxygen atoms in total. The normalized spacial score (nSPS) is 16.3. The SMILES string of the molecule is Cc1nc(C)n(C(C)CC(C)(C#N)NC(C)C)n1. The molecule has 0 aliphatic heterocycles. The Kier molecular flexibility index (Phi) is 4.47. The van der Waals surface area contributed by atoms with Crippen LogP contribution in [0.3, 0.4) is 0 Å². The fourth-order valence-electron chi connectivity index (χ4n) is 2.40. The van der Waals surface area contributed by atoms with Gasteiger partial charge in [-0.05, 0) is 41.5 Å². The lowest BCUT2D eigenvalue weighted by Gasteiger charge is -2.29. The Bertz CT molecular complexity index is 443. The summed E-state index contributed by atoms with van der Waals surface area (Å²) in [5, 5.41) is 17.0. The minimum atomic E-state index is -0.542. The fourth-order valence-corrected chi connectivity index (χ4v) is 2.40. The fraction of sp³-hybridized carbons (Fsp3) is 0.769. The molecule has 2 unspecified atom stereocenters. The molecule has 2 atom stereocenters. The summed E-state index contributed by atoms with van der Waals surface area (Å²) in [6, 6.07) is 2.78. The van der Waals surface area contributed by atoms with Crippen LogP contribution in [0.15, 0.2) is 0 Å². The van der Waals surface area contributed by atoms with Gasteiger partial charge in [0.25, 0.3) is 0 Å². The highest BCUT2D eigenvalue weighted by Gasteiger charge is 2.28. The Balaban J connectivity index is 2.83. The minimum absolute atomic E-state index is 0.141. The minimum Gasteiger partial charge on any atom is -0.297 e. The van der Waals surface area contributed by atoms with Crippen LogP contribution in [0, 0.1) is 25.2 Å². The molecule has 0 aliphatic carbocycles. The van der Waals surface area contributed by atoms with Gasteiger partial charge in [-0.25, -0.2) is 9.67 Å². The first kappa shape index (κ1) is 14.7. The smallest absolute Gasteiger partial charge is 0.147 e. The van der Waals surface area contributed by atoms with Crippen LogP contribution in [0.2, 0.25) is 0 Å². The summed E-state index contributed by atoms with van der Waals surface area (Å²) in [5.74, 6) is 1.67. The lowest BCUT2D eigenvalue weighted by molar-refractivity contribution is 0.311. The third kappa shape index (κ3) is 3.54. The zero-order valence-electron chi connectivity index (χ0n) is 12.2. The van der Waals surface area contributed by atoms with Gasteiger partial charge in [-0.3, -0.25) is 5.32 Å². The predicted molar refractivity (Wildman–Crippen MR) is 71.1 cm³/mol. The standard InChI is InChI=1S/C13H23N5/c1-9(2)16-13(6,8-14)7-10(3)18-12(5)15-11(4)17-18/h9-10,16H,7H2,1-6H3. The van der Waals surface area contributed by atoms with Crippen molar-refractivity contribution in [3.63, 3.8) is 0 Å². The number of rotatable bonds is 5. The molecule has 1 heterocycles. The van der Waals surface area contributed by atoms with E-state index in [4.69, 9.17) is 0 Å². The largest absolute Gasteiger partial charge is 0.297 e. The molecule has 0 fully saturated rings. The summed E-state index contributed by atoms with van der Waals surface area (Å²) in [6.07, 6.45) is 0.700. The molecule has 0 amide bonds. The average molecular weight is 249 g/mol. The molecule has 1 rings (SSSR count). The highest BCUT2D eigenvalue weighted by atomic mass is 15.4. The summed E-state index contributed by atoms with van der Waals surface area (Å²) in [4.78, 5) is 4.30. The topological polar surface area (TPSA) is 66.5 Å². The van der Waals surface area contributed by atoms with Crippen molar-refractivity contribution in [2.45, 2.75) is 65.6 Å². The summed E-state index contributed by atoms with van der Waals surface area (Å²) < 4.78 is 1.90. The van der Waals surface area contributed by atoms with Crippen LogP contribution in [0.4, 0.5) is 0 Å². The van der Waals surface area contributed by atoms with Crippen molar-refractivity contribution >= 4 is 0 Å². The van der Waals surface area contributed by atoms with Gasteiger partial charge in [0, 0.05) is 12.5 Å². The van der Waals surface area contributed by atoms with Crippen molar-refractivity contribution in [3.05, 3.63) is 11.6 Å². The van der Waals surface area contributed by atoms with E-state index in [0.29, 0.717) is 6.42 Å². The van der Waals surface area contributed by atoms with Crippen LogP contribution < -0.4 is 5.32 Å². The van der Waals surface area contributed by atoms with Crippen molar-refractivity contribution in [1.29, 1.82) is 5.26 Å². The maximum Gasteiger partial charge on any atom is 0.147 e. The van der Waals surface area contributed by atoms with Gasteiger partial charge in [0.15, 0.2) is 0 Å². The van der Waals surface area contributed by atoms with Crippen molar-refractivity contribution in [2.75, 3.05) is 0 Å². The molecule has 1 aromatic heterocycles. The summed E-state index contributed by atoms with van der Waals surface area (Å²) in [7, 11) is 0. The number of aryl methyl sites for hydroxylation is 2. The molecule has 1 aromatic rings. The van der Waals surface area contributed by atoms with E-state index in [1.54, 1.807) is 0 Å². The lowest BCUT2D eigenvalue weighted by atomic mass is 9.94. The molecular weight excluding hydrogens is 226 g/mol. The Morgan fingerprint density at radius 2 is 2.00 bits per heavy atom. The van der Waals surface area contributed by atoms with Gasteiger partial charge in [0.2, 0.25) is 0 Å². The van der Waals surface area contributed by atoms with E-state index >= 15 is 0 Å². The first-order valence-corrected chi connectivity index (χ1v) is 6.36. The molecule has 0 saturated carbocycles. The number of nitriles is 1. The first-order valence-electron chi connectivity index (χ1n) is 6.36. The Morgan fingerprint density at radius 3 is 2.39 bits per heavy atom. The third-order valence-electron chi connectivity index (χ3n) is 2.88. The van der Waals surface area contributed by atoms with Crippen LogP contribution in [0.25, 0.3) is 0 Å². The van der Waals surface area contributed by atoms with Gasteiger partial charge in [-0.2, -0.15) is 10.4 Å². The molecule has 100 valence electrons. The molecule has 0 saturated heterocycles. The van der Waals surface area contributed by atoms with Crippen molar-refractivity contribution in [1.82, 2.24) is 20.1 Å². The molecule has 0 aliphatic rings. The summed E-state index contributed by atoms with van der Waals surface area (Å²) in [5.41, 5.74) is -0.542. The van der Waals surface area contributed by atoms with E-state index in [9.17, 15) is 5.26 Å². The highest BCUT2D eigenvalue weighted by molar-refractivity contribution is 5.06. The summed E-state index contributed by atoms with van der Waals surface area (Å²) in [6.45, 7) is 11.9. The van der Waals surface area contributed by atoms with Gasteiger partial charge < -0.3 is 0 Å². The maximum absolute atomic E-state index is 9.35. The van der Waals surface area contributed by atoms with E-state index in [1.807, 2.05) is 39.3 Å². The van der Waals surface area contributed by atoms with Crippen LogP contribution >= 0.6 is 0 Å². The van der Waals surface area contributed by atoms with Gasteiger partial charge in [-0.15, -0.1) is 0 Å². The van der Waals surface area contributed by atoms with Crippen LogP contribution in [-0.2, 0) is 0 Å². The molecule has 0 bridgehead atoms. The quantitative estimate of drug-likeness (QED) is 0.868. The first-order chi connectivity index (χ1) is 8.27. The van der Waals surface area contributed by atoms with Crippen molar-refractivity contribution < 1.29 is 0 Å². The zero-order valence-corrected chi connectivity index (χ0v) is 12.2. The number of hydrogen-bond acceptors (Lipinski definition) is 4. The van der Waals surface area contributed by atoms with E-state index < -0.39 is 5.54 Å². The molecule has 0 aromatic carbocycles. The van der Waals surface area contributed by atoms with Gasteiger partial charge in [-0.1, -0.05) is 0 Å². The highest BCUT2D eigenvalue weighted by Crippen LogP contribution is 2.21. The van der Waals surface area contributed by atoms with Crippen LogP contribution in [0.5, 0.6) is 0 Å². The average Bonchev–Trinajstić information content (AvgIpc) is 2.56. The maximum atomic E-state index is 9.35. The summed E-state index contributed by atoms with van der Waals surface area (Å²) >= 11 is 0. The molecule has 5 heteroatoms. The number of hydrogen-bond donors (Lipinski definition) is 1. The third-order valence-corrected chi connectivity index (χ3v) is 2.88. The second-order valence-electron chi connectivity index (χ2n) is 5.45. The Morgan fingerprint density at radius 1 is 1.39 bits per heavy atom.